The zero-order chi connectivity index (χ0) is 12.1. The summed E-state index contributed by atoms with van der Waals surface area (Å²) in [5.41, 5.74) is 2.96. The number of rotatable bonds is 4. The molecule has 0 spiro atoms. The molecule has 0 aliphatic carbocycles. The van der Waals surface area contributed by atoms with Gasteiger partial charge in [-0.05, 0) is 24.7 Å². The molecule has 0 saturated carbocycles. The van der Waals surface area contributed by atoms with Crippen LogP contribution in [0.2, 0.25) is 0 Å². The minimum Gasteiger partial charge on any atom is -0.314 e. The number of hydrogen-bond donors (Lipinski definition) is 1. The van der Waals surface area contributed by atoms with Gasteiger partial charge in [-0.2, -0.15) is 5.26 Å². The molecule has 5 nitrogen and oxygen atoms in total. The van der Waals surface area contributed by atoms with Gasteiger partial charge >= 0.3 is 0 Å². The van der Waals surface area contributed by atoms with Gasteiger partial charge in [-0.1, -0.05) is 17.3 Å². The highest BCUT2D eigenvalue weighted by molar-refractivity contribution is 5.35. The van der Waals surface area contributed by atoms with Crippen LogP contribution in [0.15, 0.2) is 30.5 Å². The van der Waals surface area contributed by atoms with Gasteiger partial charge in [-0.15, -0.1) is 5.10 Å². The summed E-state index contributed by atoms with van der Waals surface area (Å²) >= 11 is 0. The molecule has 0 saturated heterocycles. The molecule has 0 atom stereocenters. The average Bonchev–Trinajstić information content (AvgIpc) is 2.79. The zero-order valence-corrected chi connectivity index (χ0v) is 9.59. The summed E-state index contributed by atoms with van der Waals surface area (Å²) < 4.78 is 1.78. The smallest absolute Gasteiger partial charge is 0.0783 e. The van der Waals surface area contributed by atoms with Gasteiger partial charge in [-0.3, -0.25) is 0 Å². The molecule has 0 unspecified atom stereocenters. The Labute approximate surface area is 99.7 Å². The first kappa shape index (κ1) is 11.3. The molecule has 2 aromatic rings. The second kappa shape index (κ2) is 5.23. The van der Waals surface area contributed by atoms with Crippen molar-refractivity contribution in [2.24, 2.45) is 0 Å². The normalized spacial score (nSPS) is 10.1. The average molecular weight is 227 g/mol. The SMILES string of the molecule is CNCc1cnnn1-c1ccc(CC#N)cc1. The Kier molecular flexibility index (Phi) is 3.48. The molecule has 1 heterocycles. The van der Waals surface area contributed by atoms with Crippen LogP contribution in [0.1, 0.15) is 11.3 Å². The highest BCUT2D eigenvalue weighted by atomic mass is 15.4. The number of nitrogens with zero attached hydrogens (tertiary/aromatic N) is 4. The Hall–Kier alpha value is -2.19. The van der Waals surface area contributed by atoms with Crippen LogP contribution >= 0.6 is 0 Å². The van der Waals surface area contributed by atoms with Crippen LogP contribution in [0.25, 0.3) is 5.69 Å². The number of nitrogens with one attached hydrogen (secondary N) is 1. The van der Waals surface area contributed by atoms with Crippen molar-refractivity contribution in [3.8, 4) is 11.8 Å². The summed E-state index contributed by atoms with van der Waals surface area (Å²) in [5.74, 6) is 0. The van der Waals surface area contributed by atoms with E-state index in [1.165, 1.54) is 0 Å². The molecule has 0 aliphatic heterocycles. The molecule has 0 radical (unpaired) electrons. The number of aromatic nitrogens is 3. The van der Waals surface area contributed by atoms with Crippen LogP contribution in [0.4, 0.5) is 0 Å². The van der Waals surface area contributed by atoms with Gasteiger partial charge in [0, 0.05) is 6.54 Å². The second-order valence-corrected chi connectivity index (χ2v) is 3.67. The van der Waals surface area contributed by atoms with Crippen molar-refractivity contribution < 1.29 is 0 Å². The first-order valence-corrected chi connectivity index (χ1v) is 5.35. The lowest BCUT2D eigenvalue weighted by Gasteiger charge is -2.05. The number of nitriles is 1. The third-order valence-electron chi connectivity index (χ3n) is 2.44. The first-order chi connectivity index (χ1) is 8.35. The summed E-state index contributed by atoms with van der Waals surface area (Å²) in [4.78, 5) is 0. The molecular formula is C12H13N5. The Morgan fingerprint density at radius 1 is 1.35 bits per heavy atom. The molecule has 86 valence electrons. The van der Waals surface area contributed by atoms with E-state index in [0.29, 0.717) is 13.0 Å². The minimum absolute atomic E-state index is 0.432. The van der Waals surface area contributed by atoms with Crippen LogP contribution in [0, 0.1) is 11.3 Å². The lowest BCUT2D eigenvalue weighted by Crippen LogP contribution is -2.11. The molecule has 0 amide bonds. The first-order valence-electron chi connectivity index (χ1n) is 5.35. The van der Waals surface area contributed by atoms with Crippen molar-refractivity contribution in [2.45, 2.75) is 13.0 Å². The van der Waals surface area contributed by atoms with Crippen LogP contribution < -0.4 is 5.32 Å². The van der Waals surface area contributed by atoms with E-state index in [0.717, 1.165) is 16.9 Å². The van der Waals surface area contributed by atoms with E-state index in [4.69, 9.17) is 5.26 Å². The standard InChI is InChI=1S/C12H13N5/c1-14-8-12-9-15-16-17(12)11-4-2-10(3-5-11)6-7-13/h2-5,9,14H,6,8H2,1H3. The Morgan fingerprint density at radius 3 is 2.76 bits per heavy atom. The molecule has 1 N–H and O–H groups in total. The zero-order valence-electron chi connectivity index (χ0n) is 9.59. The summed E-state index contributed by atoms with van der Waals surface area (Å²) in [6.45, 7) is 0.715. The monoisotopic (exact) mass is 227 g/mol. The fraction of sp³-hybridized carbons (Fsp3) is 0.250. The third-order valence-corrected chi connectivity index (χ3v) is 2.44. The largest absolute Gasteiger partial charge is 0.314 e. The lowest BCUT2D eigenvalue weighted by molar-refractivity contribution is 0.714. The lowest BCUT2D eigenvalue weighted by atomic mass is 10.1. The van der Waals surface area contributed by atoms with E-state index in [1.807, 2.05) is 31.3 Å². The minimum atomic E-state index is 0.432. The van der Waals surface area contributed by atoms with Gasteiger partial charge in [0.1, 0.15) is 0 Å². The number of benzene rings is 1. The van der Waals surface area contributed by atoms with E-state index < -0.39 is 0 Å². The molecule has 1 aromatic carbocycles. The summed E-state index contributed by atoms with van der Waals surface area (Å²) in [6, 6.07) is 9.88. The summed E-state index contributed by atoms with van der Waals surface area (Å²) in [7, 11) is 1.88. The summed E-state index contributed by atoms with van der Waals surface area (Å²) in [5, 5.41) is 19.6. The molecule has 0 fully saturated rings. The fourth-order valence-corrected chi connectivity index (χ4v) is 1.62. The Morgan fingerprint density at radius 2 is 2.12 bits per heavy atom. The second-order valence-electron chi connectivity index (χ2n) is 3.67. The molecule has 1 aromatic heterocycles. The predicted octanol–water partition coefficient (Wildman–Crippen LogP) is 1.05. The van der Waals surface area contributed by atoms with E-state index in [9.17, 15) is 0 Å². The quantitative estimate of drug-likeness (QED) is 0.847. The molecule has 5 heteroatoms. The van der Waals surface area contributed by atoms with Crippen molar-refractivity contribution >= 4 is 0 Å². The Balaban J connectivity index is 2.27. The van der Waals surface area contributed by atoms with Gasteiger partial charge in [0.05, 0.1) is 30.1 Å². The third kappa shape index (κ3) is 2.49. The molecular weight excluding hydrogens is 214 g/mol. The van der Waals surface area contributed by atoms with Gasteiger partial charge < -0.3 is 5.32 Å². The molecule has 2 rings (SSSR count). The highest BCUT2D eigenvalue weighted by Crippen LogP contribution is 2.11. The topological polar surface area (TPSA) is 66.5 Å². The maximum absolute atomic E-state index is 8.60. The van der Waals surface area contributed by atoms with Crippen molar-refractivity contribution in [3.63, 3.8) is 0 Å². The molecule has 0 aliphatic rings. The molecule has 0 bridgehead atoms. The van der Waals surface area contributed by atoms with Gasteiger partial charge in [0.2, 0.25) is 0 Å². The van der Waals surface area contributed by atoms with Gasteiger partial charge in [0.25, 0.3) is 0 Å². The maximum Gasteiger partial charge on any atom is 0.0783 e. The van der Waals surface area contributed by atoms with E-state index in [2.05, 4.69) is 21.7 Å². The highest BCUT2D eigenvalue weighted by Gasteiger charge is 2.04. The maximum atomic E-state index is 8.60. The van der Waals surface area contributed by atoms with Crippen LogP contribution in [-0.2, 0) is 13.0 Å². The van der Waals surface area contributed by atoms with Crippen LogP contribution in [0.3, 0.4) is 0 Å². The van der Waals surface area contributed by atoms with Crippen LogP contribution in [-0.4, -0.2) is 22.0 Å². The predicted molar refractivity (Wildman–Crippen MR) is 63.4 cm³/mol. The van der Waals surface area contributed by atoms with Gasteiger partial charge in [0.15, 0.2) is 0 Å². The van der Waals surface area contributed by atoms with E-state index >= 15 is 0 Å². The molecule has 17 heavy (non-hydrogen) atoms. The van der Waals surface area contributed by atoms with Crippen molar-refractivity contribution in [3.05, 3.63) is 41.7 Å². The fourth-order valence-electron chi connectivity index (χ4n) is 1.62. The van der Waals surface area contributed by atoms with Crippen molar-refractivity contribution in [1.82, 2.24) is 20.3 Å². The van der Waals surface area contributed by atoms with Gasteiger partial charge in [-0.25, -0.2) is 4.68 Å². The van der Waals surface area contributed by atoms with Crippen molar-refractivity contribution in [2.75, 3.05) is 7.05 Å². The van der Waals surface area contributed by atoms with Crippen molar-refractivity contribution in [1.29, 1.82) is 5.26 Å². The van der Waals surface area contributed by atoms with E-state index in [-0.39, 0.29) is 0 Å². The Bertz CT molecular complexity index is 521. The summed E-state index contributed by atoms with van der Waals surface area (Å²) in [6.07, 6.45) is 2.17. The van der Waals surface area contributed by atoms with Crippen LogP contribution in [0.5, 0.6) is 0 Å². The van der Waals surface area contributed by atoms with E-state index in [1.54, 1.807) is 10.9 Å². The number of hydrogen-bond acceptors (Lipinski definition) is 4.